The molecule has 0 unspecified atom stereocenters. The number of ether oxygens (including phenoxy) is 3. The maximum atomic E-state index is 11.8. The Hall–Kier alpha value is -3.93. The van der Waals surface area contributed by atoms with Gasteiger partial charge in [0.2, 0.25) is 0 Å². The predicted molar refractivity (Wildman–Crippen MR) is 159 cm³/mol. The number of nitrogens with zero attached hydrogens (tertiary/aromatic N) is 6. The van der Waals surface area contributed by atoms with Crippen molar-refractivity contribution >= 4 is 39.2 Å². The first-order valence-corrected chi connectivity index (χ1v) is 15.6. The summed E-state index contributed by atoms with van der Waals surface area (Å²) in [5.74, 6) is 0. The van der Waals surface area contributed by atoms with E-state index in [4.69, 9.17) is 32.4 Å². The number of aliphatic hydroxyl groups is 1. The summed E-state index contributed by atoms with van der Waals surface area (Å²) in [4.78, 5) is 24.5. The number of hydrogen-bond acceptors (Lipinski definition) is 10. The van der Waals surface area contributed by atoms with Crippen molar-refractivity contribution < 1.29 is 23.5 Å². The number of aliphatic imine (C=N–C) groups is 1. The van der Waals surface area contributed by atoms with Crippen LogP contribution in [0.1, 0.15) is 5.56 Å². The number of fused-ring (bicyclic) bond motifs is 2. The van der Waals surface area contributed by atoms with E-state index < -0.39 is 33.4 Å². The Morgan fingerprint density at radius 3 is 2.64 bits per heavy atom. The lowest BCUT2D eigenvalue weighted by atomic mass is 9.96. The normalized spacial score (nSPS) is 25.2. The molecule has 216 valence electrons. The summed E-state index contributed by atoms with van der Waals surface area (Å²) >= 11 is 6.61. The molecule has 0 spiro atoms. The molecule has 0 amide bonds. The predicted octanol–water partition coefficient (Wildman–Crippen LogP) is 3.79. The molecule has 2 saturated heterocycles. The first-order valence-electron chi connectivity index (χ1n) is 12.8. The highest BCUT2D eigenvalue weighted by molar-refractivity contribution is 7.92. The highest BCUT2D eigenvalue weighted by Crippen LogP contribution is 2.49. The van der Waals surface area contributed by atoms with Crippen molar-refractivity contribution in [1.29, 1.82) is 0 Å². The second-order valence-corrected chi connectivity index (χ2v) is 13.3. The van der Waals surface area contributed by atoms with Crippen molar-refractivity contribution in [2.75, 3.05) is 25.7 Å². The summed E-state index contributed by atoms with van der Waals surface area (Å²) in [5, 5.41) is 10.8. The van der Waals surface area contributed by atoms with E-state index in [1.165, 1.54) is 0 Å². The minimum Gasteiger partial charge on any atom is -0.453 e. The fourth-order valence-electron chi connectivity index (χ4n) is 5.10. The van der Waals surface area contributed by atoms with Gasteiger partial charge in [0.1, 0.15) is 0 Å². The lowest BCUT2D eigenvalue weighted by molar-refractivity contribution is -0.0937. The molecule has 4 atom stereocenters. The first kappa shape index (κ1) is 28.2. The molecule has 5 heterocycles. The summed E-state index contributed by atoms with van der Waals surface area (Å²) in [7, 11) is -2.16. The topological polar surface area (TPSA) is 149 Å². The van der Waals surface area contributed by atoms with Gasteiger partial charge in [-0.3, -0.25) is 18.9 Å². The van der Waals surface area contributed by atoms with Crippen LogP contribution in [0.5, 0.6) is 6.01 Å². The van der Waals surface area contributed by atoms with Crippen molar-refractivity contribution in [2.24, 2.45) is 9.36 Å². The van der Waals surface area contributed by atoms with E-state index in [1.807, 2.05) is 36.4 Å². The maximum absolute atomic E-state index is 11.8. The molecule has 2 N–H and O–H groups in total. The van der Waals surface area contributed by atoms with Gasteiger partial charge in [-0.15, -0.1) is 0 Å². The van der Waals surface area contributed by atoms with Gasteiger partial charge in [-0.05, 0) is 29.3 Å². The molecule has 0 radical (unpaired) electrons. The van der Waals surface area contributed by atoms with E-state index in [0.717, 1.165) is 22.4 Å². The first-order chi connectivity index (χ1) is 20.1. The van der Waals surface area contributed by atoms with Crippen LogP contribution in [0.15, 0.2) is 58.0 Å². The second-order valence-electron chi connectivity index (χ2n) is 10.3. The Labute approximate surface area is 246 Å². The summed E-state index contributed by atoms with van der Waals surface area (Å²) < 4.78 is 33.5. The van der Waals surface area contributed by atoms with Gasteiger partial charge in [0.05, 0.1) is 41.7 Å². The average molecular weight is 609 g/mol. The molecule has 0 aliphatic carbocycles. The van der Waals surface area contributed by atoms with E-state index in [0.29, 0.717) is 28.4 Å². The Bertz CT molecular complexity index is 1840. The van der Waals surface area contributed by atoms with Crippen LogP contribution in [-0.2, 0) is 25.7 Å². The smallest absolute Gasteiger partial charge is 0.453 e. The zero-order valence-electron chi connectivity index (χ0n) is 22.7. The quantitative estimate of drug-likeness (QED) is 0.301. The highest BCUT2D eigenvalue weighted by atomic mass is 35.5. The molecule has 0 bridgehead atoms. The number of hydrogen-bond donors (Lipinski definition) is 2. The fourth-order valence-corrected chi connectivity index (χ4v) is 5.82. The summed E-state index contributed by atoms with van der Waals surface area (Å²) in [6, 6.07) is 13.3. The number of aromatic amines is 1. The molecule has 2 fully saturated rings. The van der Waals surface area contributed by atoms with E-state index in [9.17, 15) is 9.32 Å². The molecule has 0 saturated carbocycles. The molecule has 42 heavy (non-hydrogen) atoms. The monoisotopic (exact) mass is 608 g/mol. The zero-order valence-corrected chi connectivity index (χ0v) is 24.3. The van der Waals surface area contributed by atoms with E-state index in [-0.39, 0.29) is 19.2 Å². The van der Waals surface area contributed by atoms with Gasteiger partial charge in [-0.2, -0.15) is 4.98 Å². The van der Waals surface area contributed by atoms with Gasteiger partial charge in [-0.1, -0.05) is 41.9 Å². The van der Waals surface area contributed by atoms with Crippen LogP contribution >= 0.6 is 11.6 Å². The van der Waals surface area contributed by atoms with Crippen molar-refractivity contribution in [1.82, 2.24) is 19.9 Å². The van der Waals surface area contributed by atoms with Crippen LogP contribution in [-0.4, -0.2) is 85.4 Å². The van der Waals surface area contributed by atoms with Gasteiger partial charge < -0.3 is 19.6 Å². The van der Waals surface area contributed by atoms with E-state index in [2.05, 4.69) is 40.9 Å². The molecule has 2 aliphatic rings. The summed E-state index contributed by atoms with van der Waals surface area (Å²) in [5.41, 5.74) is 1.66. The molecule has 2 aliphatic heterocycles. The van der Waals surface area contributed by atoms with Gasteiger partial charge in [0.15, 0.2) is 17.9 Å². The SMILES string of the molecule is C#[N+][C@]12OC[C@@H](Oc3nc4nc(-c5ccc(-c6ccc(CN=S(C)(C)=O)cn6)cc5)c(Cl)cc4[nH]3)[C@@]1(N=C)OC[C@H]2O. The standard InChI is InChI=1S/C28H27ClN7O5S/c1-30-27-22(37)14-39-28(27,31-2)23(15-40-27)41-26-34-21-11-19(29)24(35-25(21)36-26)18-8-6-17(7-9-18)20-10-5-16(12-32-20)13-33-42(3,4)38/h1,5-12,22-23,37H,2,13-15H2,3-4H3,(H,34,35,36)/q+1/t22-,23-,27-,28-/m1/s1. The Kier molecular flexibility index (Phi) is 6.99. The molecule has 3 aromatic heterocycles. The number of H-pyrrole nitrogens is 1. The van der Waals surface area contributed by atoms with Crippen molar-refractivity contribution in [2.45, 2.75) is 30.2 Å². The molecular formula is C28H27ClN7O5S+. The highest BCUT2D eigenvalue weighted by Gasteiger charge is 2.81. The Balaban J connectivity index is 1.22. The molecule has 1 aromatic carbocycles. The third-order valence-electron chi connectivity index (χ3n) is 7.24. The lowest BCUT2D eigenvalue weighted by Crippen LogP contribution is -2.55. The lowest BCUT2D eigenvalue weighted by Gasteiger charge is -2.25. The van der Waals surface area contributed by atoms with Crippen molar-refractivity contribution in [3.63, 3.8) is 0 Å². The second kappa shape index (κ2) is 10.4. The Morgan fingerprint density at radius 2 is 1.98 bits per heavy atom. The third kappa shape index (κ3) is 4.71. The molecule has 4 aromatic rings. The minimum absolute atomic E-state index is 0.0220. The summed E-state index contributed by atoms with van der Waals surface area (Å²) in [6.45, 7) is 9.42. The number of pyridine rings is 2. The number of aromatic nitrogens is 4. The van der Waals surface area contributed by atoms with E-state index >= 15 is 0 Å². The largest absolute Gasteiger partial charge is 0.465 e. The number of benzene rings is 1. The van der Waals surface area contributed by atoms with Gasteiger partial charge in [0.25, 0.3) is 12.6 Å². The maximum Gasteiger partial charge on any atom is 0.465 e. The number of aliphatic hydroxyl groups excluding tert-OH is 1. The van der Waals surface area contributed by atoms with Crippen LogP contribution < -0.4 is 4.74 Å². The zero-order chi connectivity index (χ0) is 29.7. The van der Waals surface area contributed by atoms with E-state index in [1.54, 1.807) is 24.8 Å². The number of imidazole rings is 1. The van der Waals surface area contributed by atoms with Gasteiger partial charge >= 0.3 is 11.4 Å². The average Bonchev–Trinajstić information content (AvgIpc) is 3.61. The molecule has 6 rings (SSSR count). The van der Waals surface area contributed by atoms with Crippen molar-refractivity contribution in [3.8, 4) is 35.1 Å². The third-order valence-corrected chi connectivity index (χ3v) is 8.28. The van der Waals surface area contributed by atoms with Crippen molar-refractivity contribution in [3.05, 3.63) is 64.1 Å². The molecular weight excluding hydrogens is 582 g/mol. The van der Waals surface area contributed by atoms with Gasteiger partial charge in [-0.25, -0.2) is 9.35 Å². The Morgan fingerprint density at radius 1 is 1.21 bits per heavy atom. The fraction of sp³-hybridized carbons (Fsp3) is 0.321. The van der Waals surface area contributed by atoms with Crippen LogP contribution in [0.4, 0.5) is 0 Å². The van der Waals surface area contributed by atoms with Gasteiger partial charge in [0, 0.05) is 39.6 Å². The van der Waals surface area contributed by atoms with Crippen LogP contribution in [0, 0.1) is 6.57 Å². The molecule has 12 nitrogen and oxygen atoms in total. The van der Waals surface area contributed by atoms with Crippen LogP contribution in [0.3, 0.4) is 0 Å². The summed E-state index contributed by atoms with van der Waals surface area (Å²) in [6.07, 6.45) is 2.96. The number of rotatable bonds is 7. The molecule has 14 heteroatoms. The van der Waals surface area contributed by atoms with Crippen LogP contribution in [0.2, 0.25) is 5.02 Å². The van der Waals surface area contributed by atoms with Crippen LogP contribution in [0.25, 0.3) is 38.5 Å². The minimum atomic E-state index is -2.16. The number of nitrogens with one attached hydrogen (secondary N) is 1. The number of halogens is 1.